The van der Waals surface area contributed by atoms with Crippen LogP contribution in [0.4, 0.5) is 5.69 Å². The molecule has 1 aliphatic rings. The number of fused-ring (bicyclic) bond motifs is 1. The highest BCUT2D eigenvalue weighted by Crippen LogP contribution is 2.35. The Hall–Kier alpha value is -1.57. The van der Waals surface area contributed by atoms with Gasteiger partial charge in [0.25, 0.3) is 0 Å². The van der Waals surface area contributed by atoms with Crippen LogP contribution in [0.2, 0.25) is 0 Å². The van der Waals surface area contributed by atoms with Crippen molar-refractivity contribution in [1.29, 1.82) is 0 Å². The van der Waals surface area contributed by atoms with Gasteiger partial charge in [0.1, 0.15) is 5.70 Å². The van der Waals surface area contributed by atoms with Crippen molar-refractivity contribution >= 4 is 17.5 Å². The summed E-state index contributed by atoms with van der Waals surface area (Å²) >= 11 is 0. The maximum absolute atomic E-state index is 10.6. The molecular formula is C11H10NO. The van der Waals surface area contributed by atoms with E-state index in [1.54, 1.807) is 0 Å². The van der Waals surface area contributed by atoms with Crippen molar-refractivity contribution in [3.8, 4) is 0 Å². The van der Waals surface area contributed by atoms with Crippen molar-refractivity contribution in [3.05, 3.63) is 35.0 Å². The van der Waals surface area contributed by atoms with Gasteiger partial charge in [0.2, 0.25) is 0 Å². The summed E-state index contributed by atoms with van der Waals surface area (Å²) in [7, 11) is 0. The van der Waals surface area contributed by atoms with Crippen LogP contribution in [-0.4, -0.2) is 6.29 Å². The van der Waals surface area contributed by atoms with Gasteiger partial charge < -0.3 is 0 Å². The van der Waals surface area contributed by atoms with Gasteiger partial charge in [-0.25, -0.2) is 5.32 Å². The molecule has 0 atom stereocenters. The monoisotopic (exact) mass is 172 g/mol. The molecule has 2 heteroatoms. The van der Waals surface area contributed by atoms with Crippen molar-refractivity contribution in [1.82, 2.24) is 5.32 Å². The Morgan fingerprint density at radius 3 is 2.69 bits per heavy atom. The smallest absolute Gasteiger partial charge is 0.168 e. The summed E-state index contributed by atoms with van der Waals surface area (Å²) in [5.41, 5.74) is 4.69. The molecule has 0 saturated heterocycles. The zero-order valence-corrected chi connectivity index (χ0v) is 7.66. The summed E-state index contributed by atoms with van der Waals surface area (Å²) in [6.07, 6.45) is 0.814. The molecule has 0 unspecified atom stereocenters. The van der Waals surface area contributed by atoms with Crippen molar-refractivity contribution in [2.75, 3.05) is 0 Å². The predicted molar refractivity (Wildman–Crippen MR) is 51.6 cm³/mol. The molecule has 0 spiro atoms. The van der Waals surface area contributed by atoms with E-state index < -0.39 is 0 Å². The van der Waals surface area contributed by atoms with Crippen LogP contribution < -0.4 is 5.32 Å². The molecule has 2 rings (SSSR count). The zero-order valence-electron chi connectivity index (χ0n) is 7.66. The average molecular weight is 172 g/mol. The first-order chi connectivity index (χ1) is 6.24. The Balaban J connectivity index is 2.61. The largest absolute Gasteiger partial charge is 0.296 e. The third kappa shape index (κ3) is 1.06. The molecule has 0 fully saturated rings. The van der Waals surface area contributed by atoms with Crippen LogP contribution in [0.25, 0.3) is 5.57 Å². The van der Waals surface area contributed by atoms with Crippen LogP contribution in [0.3, 0.4) is 0 Å². The Morgan fingerprint density at radius 2 is 2.08 bits per heavy atom. The van der Waals surface area contributed by atoms with Crippen LogP contribution >= 0.6 is 0 Å². The van der Waals surface area contributed by atoms with E-state index in [4.69, 9.17) is 0 Å². The second-order valence-corrected chi connectivity index (χ2v) is 3.21. The summed E-state index contributed by atoms with van der Waals surface area (Å²) in [4.78, 5) is 10.6. The van der Waals surface area contributed by atoms with Gasteiger partial charge >= 0.3 is 0 Å². The van der Waals surface area contributed by atoms with Gasteiger partial charge in [-0.05, 0) is 25.0 Å². The number of allylic oxidation sites excluding steroid dienone is 2. The maximum Gasteiger partial charge on any atom is 0.168 e. The van der Waals surface area contributed by atoms with E-state index in [1.165, 1.54) is 0 Å². The number of nitrogens with zero attached hydrogens (tertiary/aromatic N) is 1. The first kappa shape index (κ1) is 8.05. The number of aldehydes is 1. The molecule has 65 valence electrons. The van der Waals surface area contributed by atoms with E-state index >= 15 is 0 Å². The molecule has 0 amide bonds. The molecule has 1 radical (unpaired) electrons. The Kier molecular flexibility index (Phi) is 1.69. The van der Waals surface area contributed by atoms with Gasteiger partial charge in [-0.15, -0.1) is 0 Å². The lowest BCUT2D eigenvalue weighted by molar-refractivity contribution is -0.105. The molecule has 0 aliphatic carbocycles. The third-order valence-corrected chi connectivity index (χ3v) is 2.37. The first-order valence-electron chi connectivity index (χ1n) is 4.22. The predicted octanol–water partition coefficient (Wildman–Crippen LogP) is 2.17. The van der Waals surface area contributed by atoms with Crippen molar-refractivity contribution in [2.45, 2.75) is 13.8 Å². The standard InChI is InChI=1S/C11H10NO/c1-7-4-3-5-9-8(2)10(6-13)12-11(7)9/h3-6H,1-2H3. The molecule has 0 bridgehead atoms. The summed E-state index contributed by atoms with van der Waals surface area (Å²) < 4.78 is 0. The number of hydrogen-bond acceptors (Lipinski definition) is 1. The van der Waals surface area contributed by atoms with Gasteiger partial charge in [-0.3, -0.25) is 4.79 Å². The highest BCUT2D eigenvalue weighted by atomic mass is 16.1. The highest BCUT2D eigenvalue weighted by molar-refractivity contribution is 5.95. The van der Waals surface area contributed by atoms with E-state index in [9.17, 15) is 4.79 Å². The number of aryl methyl sites for hydroxylation is 1. The highest BCUT2D eigenvalue weighted by Gasteiger charge is 2.20. The van der Waals surface area contributed by atoms with E-state index in [1.807, 2.05) is 32.0 Å². The Labute approximate surface area is 77.3 Å². The Morgan fingerprint density at radius 1 is 1.31 bits per heavy atom. The Bertz CT molecular complexity index is 405. The summed E-state index contributed by atoms with van der Waals surface area (Å²) in [6, 6.07) is 5.99. The van der Waals surface area contributed by atoms with Gasteiger partial charge in [-0.1, -0.05) is 18.2 Å². The average Bonchev–Trinajstić information content (AvgIpc) is 2.45. The molecule has 1 aromatic rings. The quantitative estimate of drug-likeness (QED) is 0.597. The molecule has 2 nitrogen and oxygen atoms in total. The lowest BCUT2D eigenvalue weighted by atomic mass is 10.0. The number of para-hydroxylation sites is 1. The number of benzene rings is 1. The summed E-state index contributed by atoms with van der Waals surface area (Å²) in [5, 5.41) is 4.26. The molecule has 0 saturated carbocycles. The van der Waals surface area contributed by atoms with Crippen molar-refractivity contribution in [3.63, 3.8) is 0 Å². The van der Waals surface area contributed by atoms with Crippen molar-refractivity contribution < 1.29 is 4.79 Å². The SMILES string of the molecule is CC1=C(C=O)[N]c2c(C)cccc21. The van der Waals surface area contributed by atoms with E-state index in [0.717, 1.165) is 28.7 Å². The summed E-state index contributed by atoms with van der Waals surface area (Å²) in [5.74, 6) is 0. The van der Waals surface area contributed by atoms with Gasteiger partial charge in [0.05, 0.1) is 5.69 Å². The van der Waals surface area contributed by atoms with Gasteiger partial charge in [0.15, 0.2) is 6.29 Å². The van der Waals surface area contributed by atoms with Crippen LogP contribution in [-0.2, 0) is 4.79 Å². The molecule has 1 aliphatic heterocycles. The molecule has 13 heavy (non-hydrogen) atoms. The zero-order chi connectivity index (χ0) is 9.42. The fourth-order valence-corrected chi connectivity index (χ4v) is 1.57. The minimum atomic E-state index is 0.560. The first-order valence-corrected chi connectivity index (χ1v) is 4.22. The van der Waals surface area contributed by atoms with Crippen LogP contribution in [0.15, 0.2) is 23.9 Å². The number of hydrogen-bond donors (Lipinski definition) is 0. The molecule has 1 aromatic carbocycles. The molecule has 0 N–H and O–H groups in total. The minimum Gasteiger partial charge on any atom is -0.296 e. The lowest BCUT2D eigenvalue weighted by Crippen LogP contribution is -1.95. The van der Waals surface area contributed by atoms with E-state index in [-0.39, 0.29) is 0 Å². The van der Waals surface area contributed by atoms with E-state index in [0.29, 0.717) is 5.70 Å². The topological polar surface area (TPSA) is 31.2 Å². The van der Waals surface area contributed by atoms with Crippen molar-refractivity contribution in [2.24, 2.45) is 0 Å². The fourth-order valence-electron chi connectivity index (χ4n) is 1.57. The van der Waals surface area contributed by atoms with Crippen LogP contribution in [0.5, 0.6) is 0 Å². The van der Waals surface area contributed by atoms with Crippen LogP contribution in [0.1, 0.15) is 18.1 Å². The van der Waals surface area contributed by atoms with Gasteiger partial charge in [-0.2, -0.15) is 0 Å². The molecular weight excluding hydrogens is 162 g/mol. The maximum atomic E-state index is 10.6. The third-order valence-electron chi connectivity index (χ3n) is 2.37. The second-order valence-electron chi connectivity index (χ2n) is 3.21. The van der Waals surface area contributed by atoms with Gasteiger partial charge in [0, 0.05) is 5.56 Å². The number of carbonyl (C=O) groups excluding carboxylic acids is 1. The lowest BCUT2D eigenvalue weighted by Gasteiger charge is -2.01. The number of carbonyl (C=O) groups is 1. The molecule has 0 aromatic heterocycles. The van der Waals surface area contributed by atoms with E-state index in [2.05, 4.69) is 5.32 Å². The fraction of sp³-hybridized carbons (Fsp3) is 0.182. The normalized spacial score (nSPS) is 14.0. The summed E-state index contributed by atoms with van der Waals surface area (Å²) in [6.45, 7) is 3.93. The minimum absolute atomic E-state index is 0.560. The van der Waals surface area contributed by atoms with Crippen LogP contribution in [0, 0.1) is 6.92 Å². The molecule has 1 heterocycles. The number of rotatable bonds is 1. The second kappa shape index (κ2) is 2.73.